The van der Waals surface area contributed by atoms with Crippen LogP contribution in [0.1, 0.15) is 16.9 Å². The zero-order valence-corrected chi connectivity index (χ0v) is 26.9. The summed E-state index contributed by atoms with van der Waals surface area (Å²) < 4.78 is 114. The molecule has 0 saturated carbocycles. The predicted octanol–water partition coefficient (Wildman–Crippen LogP) is 6.76. The Morgan fingerprint density at radius 1 is 1.02 bits per heavy atom. The van der Waals surface area contributed by atoms with Crippen molar-refractivity contribution < 1.29 is 40.0 Å². The third-order valence-corrected chi connectivity index (χ3v) is 12.5. The summed E-state index contributed by atoms with van der Waals surface area (Å²) in [5.74, 6) is 4.94. The largest absolute Gasteiger partial charge is 0.573 e. The van der Waals surface area contributed by atoms with Gasteiger partial charge in [-0.3, -0.25) is 0 Å². The average Bonchev–Trinajstić information content (AvgIpc) is 3.30. The van der Waals surface area contributed by atoms with E-state index in [1.807, 2.05) is 23.9 Å². The third kappa shape index (κ3) is 8.48. The highest BCUT2D eigenvalue weighted by Crippen LogP contribution is 2.47. The van der Waals surface area contributed by atoms with Crippen molar-refractivity contribution in [2.75, 3.05) is 69.8 Å². The number of rotatable bonds is 7. The molecule has 2 aliphatic rings. The maximum Gasteiger partial charge on any atom is 0.573 e. The normalized spacial score (nSPS) is 21.1. The maximum absolute atomic E-state index is 14.7. The standard InChI is InChI=1S/C31H34F7N4O2PS/c1-41-13-15-45(43,16-14-41)20-8-9-25(27(17-20)44-31(36,37)38)39-11-4-7-28-22(18-30(33,34)35)21-5-3-6-26(29(21)46-28)40-24-10-12-42(2)19-23(24)32/h3,5-6,8-9,17,23-24,39-40H,10-16,18-19H2,1-2H3/t23-,24?/m0/s1. The number of benzene rings is 2. The van der Waals surface area contributed by atoms with E-state index in [0.29, 0.717) is 59.5 Å². The Kier molecular flexibility index (Phi) is 10.2. The van der Waals surface area contributed by atoms with Gasteiger partial charge in [0, 0.05) is 43.8 Å². The molecule has 0 radical (unpaired) electrons. The van der Waals surface area contributed by atoms with Crippen LogP contribution in [0.2, 0.25) is 0 Å². The maximum atomic E-state index is 14.7. The molecule has 15 heteroatoms. The Morgan fingerprint density at radius 2 is 1.76 bits per heavy atom. The first-order valence-electron chi connectivity index (χ1n) is 14.7. The van der Waals surface area contributed by atoms with E-state index in [1.54, 1.807) is 18.2 Å². The van der Waals surface area contributed by atoms with Crippen LogP contribution in [0.3, 0.4) is 0 Å². The first kappa shape index (κ1) is 34.4. The van der Waals surface area contributed by atoms with E-state index in [4.69, 9.17) is 0 Å². The zero-order valence-electron chi connectivity index (χ0n) is 25.2. The molecule has 1 aromatic heterocycles. The van der Waals surface area contributed by atoms with Crippen molar-refractivity contribution in [2.24, 2.45) is 0 Å². The summed E-state index contributed by atoms with van der Waals surface area (Å²) in [6.07, 6.45) is -10.7. The second kappa shape index (κ2) is 13.6. The minimum Gasteiger partial charge on any atom is -0.404 e. The number of nitrogens with one attached hydrogen (secondary N) is 2. The first-order chi connectivity index (χ1) is 21.6. The second-order valence-electron chi connectivity index (χ2n) is 11.7. The number of piperidine rings is 1. The quantitative estimate of drug-likeness (QED) is 0.163. The second-order valence-corrected chi connectivity index (χ2v) is 15.9. The Bertz CT molecular complexity index is 1650. The predicted molar refractivity (Wildman–Crippen MR) is 169 cm³/mol. The smallest absolute Gasteiger partial charge is 0.404 e. The van der Waals surface area contributed by atoms with Crippen molar-refractivity contribution >= 4 is 45.2 Å². The summed E-state index contributed by atoms with van der Waals surface area (Å²) in [4.78, 5) is 4.04. The minimum absolute atomic E-state index is 0.0166. The van der Waals surface area contributed by atoms with Gasteiger partial charge < -0.3 is 29.7 Å². The summed E-state index contributed by atoms with van der Waals surface area (Å²) >= 11 is 1.05. The number of nitrogens with zero attached hydrogens (tertiary/aromatic N) is 2. The van der Waals surface area contributed by atoms with E-state index in [1.165, 1.54) is 12.1 Å². The number of hydrogen-bond acceptors (Lipinski definition) is 7. The van der Waals surface area contributed by atoms with Crippen molar-refractivity contribution in [1.82, 2.24) is 9.80 Å². The number of hydrogen-bond donors (Lipinski definition) is 2. The molecule has 2 atom stereocenters. The lowest BCUT2D eigenvalue weighted by molar-refractivity contribution is -0.274. The summed E-state index contributed by atoms with van der Waals surface area (Å²) in [7, 11) is 0.796. The van der Waals surface area contributed by atoms with Crippen molar-refractivity contribution in [3.63, 3.8) is 0 Å². The highest BCUT2D eigenvalue weighted by Gasteiger charge is 2.35. The molecule has 3 heterocycles. The van der Waals surface area contributed by atoms with Crippen LogP contribution >= 0.6 is 18.5 Å². The van der Waals surface area contributed by atoms with Crippen LogP contribution < -0.4 is 20.7 Å². The fraction of sp³-hybridized carbons (Fsp3) is 0.484. The molecule has 6 nitrogen and oxygen atoms in total. The lowest BCUT2D eigenvalue weighted by Crippen LogP contribution is -2.46. The lowest BCUT2D eigenvalue weighted by atomic mass is 10.0. The fourth-order valence-electron chi connectivity index (χ4n) is 5.71. The molecule has 250 valence electrons. The van der Waals surface area contributed by atoms with E-state index in [9.17, 15) is 35.3 Å². The molecule has 2 aliphatic heterocycles. The van der Waals surface area contributed by atoms with Crippen molar-refractivity contribution in [3.8, 4) is 17.6 Å². The van der Waals surface area contributed by atoms with Gasteiger partial charge in [0.25, 0.3) is 0 Å². The van der Waals surface area contributed by atoms with Gasteiger partial charge in [0.15, 0.2) is 5.75 Å². The monoisotopic (exact) mass is 690 g/mol. The molecule has 46 heavy (non-hydrogen) atoms. The molecule has 2 N–H and O–H groups in total. The van der Waals surface area contributed by atoms with Crippen molar-refractivity contribution in [2.45, 2.75) is 37.6 Å². The number of alkyl halides is 7. The SMILES string of the molecule is CN1CCP(=O)(c2ccc(NCC#Cc3sc4c(NC5CCN(C)C[C@@H]5F)cccc4c3CC(F)(F)F)c(OC(F)(F)F)c2)CC1. The molecule has 2 aromatic carbocycles. The number of likely N-dealkylation sites (tertiary alicyclic amines) is 1. The van der Waals surface area contributed by atoms with Gasteiger partial charge in [0.1, 0.15) is 13.3 Å². The van der Waals surface area contributed by atoms with Crippen LogP contribution in [0.5, 0.6) is 5.75 Å². The van der Waals surface area contributed by atoms with Gasteiger partial charge in [-0.25, -0.2) is 4.39 Å². The Hall–Kier alpha value is -2.98. The molecular weight excluding hydrogens is 656 g/mol. The highest BCUT2D eigenvalue weighted by molar-refractivity contribution is 7.71. The molecule has 1 unspecified atom stereocenters. The van der Waals surface area contributed by atoms with Crippen LogP contribution in [0.4, 0.5) is 42.1 Å². The van der Waals surface area contributed by atoms with E-state index in [0.717, 1.165) is 17.4 Å². The summed E-state index contributed by atoms with van der Waals surface area (Å²) in [6.45, 7) is 1.83. The van der Waals surface area contributed by atoms with Gasteiger partial charge in [-0.05, 0) is 55.7 Å². The van der Waals surface area contributed by atoms with E-state index in [-0.39, 0.29) is 29.2 Å². The van der Waals surface area contributed by atoms with Crippen LogP contribution in [-0.4, -0.2) is 93.7 Å². The van der Waals surface area contributed by atoms with Crippen molar-refractivity contribution in [1.29, 1.82) is 0 Å². The van der Waals surface area contributed by atoms with Gasteiger partial charge in [0.05, 0.1) is 40.0 Å². The number of fused-ring (bicyclic) bond motifs is 1. The molecular formula is C31H34F7N4O2PS. The Labute approximate surface area is 266 Å². The zero-order chi connectivity index (χ0) is 33.3. The summed E-state index contributed by atoms with van der Waals surface area (Å²) in [5.41, 5.74) is 0.456. The fourth-order valence-corrected chi connectivity index (χ4v) is 9.65. The lowest BCUT2D eigenvalue weighted by Gasteiger charge is -2.33. The Morgan fingerprint density at radius 3 is 2.43 bits per heavy atom. The summed E-state index contributed by atoms with van der Waals surface area (Å²) in [6, 6.07) is 8.40. The topological polar surface area (TPSA) is 56.8 Å². The van der Waals surface area contributed by atoms with Crippen LogP contribution in [-0.2, 0) is 11.0 Å². The molecule has 0 aliphatic carbocycles. The Balaban J connectivity index is 1.40. The van der Waals surface area contributed by atoms with Gasteiger partial charge >= 0.3 is 12.5 Å². The molecule has 3 aromatic rings. The van der Waals surface area contributed by atoms with Gasteiger partial charge in [0.2, 0.25) is 0 Å². The molecule has 0 bridgehead atoms. The number of thiophene rings is 1. The van der Waals surface area contributed by atoms with Crippen LogP contribution in [0, 0.1) is 11.8 Å². The van der Waals surface area contributed by atoms with E-state index >= 15 is 0 Å². The van der Waals surface area contributed by atoms with E-state index in [2.05, 4.69) is 27.2 Å². The number of halogens is 7. The van der Waals surface area contributed by atoms with Gasteiger partial charge in [-0.15, -0.1) is 24.5 Å². The first-order valence-corrected chi connectivity index (χ1v) is 17.6. The average molecular weight is 691 g/mol. The van der Waals surface area contributed by atoms with Gasteiger partial charge in [-0.2, -0.15) is 13.2 Å². The summed E-state index contributed by atoms with van der Waals surface area (Å²) in [5, 5.41) is 6.59. The van der Waals surface area contributed by atoms with Crippen molar-refractivity contribution in [3.05, 3.63) is 46.8 Å². The molecule has 2 fully saturated rings. The molecule has 0 spiro atoms. The minimum atomic E-state index is -5.01. The van der Waals surface area contributed by atoms with Crippen LogP contribution in [0.15, 0.2) is 36.4 Å². The molecule has 2 saturated heterocycles. The van der Waals surface area contributed by atoms with Gasteiger partial charge in [-0.1, -0.05) is 24.0 Å². The third-order valence-electron chi connectivity index (χ3n) is 8.20. The molecule has 5 rings (SSSR count). The number of anilines is 2. The van der Waals surface area contributed by atoms with Crippen LogP contribution in [0.25, 0.3) is 10.1 Å². The van der Waals surface area contributed by atoms with E-state index < -0.39 is 44.1 Å². The molecule has 0 amide bonds. The number of ether oxygens (including phenoxy) is 1. The highest BCUT2D eigenvalue weighted by atomic mass is 32.1.